The van der Waals surface area contributed by atoms with Crippen LogP contribution in [0.5, 0.6) is 0 Å². The molecule has 2 N–H and O–H groups in total. The van der Waals surface area contributed by atoms with Crippen LogP contribution in [0.3, 0.4) is 0 Å². The Morgan fingerprint density at radius 2 is 1.67 bits per heavy atom. The highest BCUT2D eigenvalue weighted by atomic mass is 19.4. The highest BCUT2D eigenvalue weighted by molar-refractivity contribution is 4.76. The molecule has 0 bridgehead atoms. The third kappa shape index (κ3) is 2.66. The van der Waals surface area contributed by atoms with Gasteiger partial charge in [0, 0.05) is 6.04 Å². The molecule has 0 spiro atoms. The Labute approximate surface area is 70.1 Å². The fourth-order valence-electron chi connectivity index (χ4n) is 1.66. The Kier molecular flexibility index (Phi) is 2.99. The van der Waals surface area contributed by atoms with Crippen molar-refractivity contribution in [3.63, 3.8) is 0 Å². The molecular formula is C8H14F3N. The van der Waals surface area contributed by atoms with E-state index in [1.165, 1.54) is 0 Å². The van der Waals surface area contributed by atoms with Gasteiger partial charge < -0.3 is 5.73 Å². The Bertz CT molecular complexity index is 144. The fourth-order valence-corrected chi connectivity index (χ4v) is 1.66. The molecule has 1 fully saturated rings. The van der Waals surface area contributed by atoms with E-state index in [4.69, 9.17) is 5.73 Å². The number of nitrogens with two attached hydrogens (primary N) is 1. The van der Waals surface area contributed by atoms with Crippen LogP contribution in [0.1, 0.15) is 32.1 Å². The normalized spacial score (nSPS) is 33.0. The van der Waals surface area contributed by atoms with E-state index in [9.17, 15) is 13.2 Å². The van der Waals surface area contributed by atoms with E-state index in [-0.39, 0.29) is 18.9 Å². The van der Waals surface area contributed by atoms with Gasteiger partial charge in [0.2, 0.25) is 0 Å². The predicted octanol–water partition coefficient (Wildman–Crippen LogP) is 2.46. The molecule has 0 aromatic heterocycles. The van der Waals surface area contributed by atoms with Crippen molar-refractivity contribution in [2.24, 2.45) is 11.7 Å². The molecule has 1 nitrogen and oxygen atoms in total. The van der Waals surface area contributed by atoms with E-state index >= 15 is 0 Å². The fraction of sp³-hybridized carbons (Fsp3) is 1.00. The van der Waals surface area contributed by atoms with Crippen molar-refractivity contribution < 1.29 is 13.2 Å². The Hall–Kier alpha value is -0.250. The van der Waals surface area contributed by atoms with Crippen molar-refractivity contribution in [2.45, 2.75) is 44.3 Å². The summed E-state index contributed by atoms with van der Waals surface area (Å²) in [5.41, 5.74) is 5.57. The second-order valence-corrected chi connectivity index (χ2v) is 3.51. The van der Waals surface area contributed by atoms with Gasteiger partial charge in [-0.1, -0.05) is 6.42 Å². The standard InChI is InChI=1S/C8H14F3N/c9-8(10,11)6-2-1-3-7(12)5-4-6/h6-7H,1-5,12H2/t6-,7+/m1/s1. The number of hydrogen-bond donors (Lipinski definition) is 1. The van der Waals surface area contributed by atoms with Gasteiger partial charge in [0.15, 0.2) is 0 Å². The van der Waals surface area contributed by atoms with Crippen LogP contribution >= 0.6 is 0 Å². The molecule has 0 radical (unpaired) electrons. The lowest BCUT2D eigenvalue weighted by Crippen LogP contribution is -2.23. The molecule has 1 aliphatic rings. The molecular weight excluding hydrogens is 167 g/mol. The van der Waals surface area contributed by atoms with Crippen molar-refractivity contribution in [3.8, 4) is 0 Å². The van der Waals surface area contributed by atoms with Gasteiger partial charge in [0.1, 0.15) is 0 Å². The van der Waals surface area contributed by atoms with Crippen molar-refractivity contribution in [2.75, 3.05) is 0 Å². The van der Waals surface area contributed by atoms with Gasteiger partial charge in [-0.05, 0) is 25.7 Å². The van der Waals surface area contributed by atoms with Crippen LogP contribution < -0.4 is 5.73 Å². The van der Waals surface area contributed by atoms with Crippen molar-refractivity contribution >= 4 is 0 Å². The summed E-state index contributed by atoms with van der Waals surface area (Å²) < 4.78 is 36.6. The molecule has 0 aliphatic heterocycles. The highest BCUT2D eigenvalue weighted by Crippen LogP contribution is 2.36. The highest BCUT2D eigenvalue weighted by Gasteiger charge is 2.39. The minimum absolute atomic E-state index is 0.0163. The summed E-state index contributed by atoms with van der Waals surface area (Å²) in [7, 11) is 0. The second kappa shape index (κ2) is 3.64. The Morgan fingerprint density at radius 3 is 2.25 bits per heavy atom. The lowest BCUT2D eigenvalue weighted by atomic mass is 10.00. The maximum absolute atomic E-state index is 12.2. The minimum Gasteiger partial charge on any atom is -0.328 e. The molecule has 0 aromatic rings. The topological polar surface area (TPSA) is 26.0 Å². The summed E-state index contributed by atoms with van der Waals surface area (Å²) in [6.45, 7) is 0. The van der Waals surface area contributed by atoms with E-state index in [0.29, 0.717) is 12.8 Å². The van der Waals surface area contributed by atoms with Crippen molar-refractivity contribution in [1.82, 2.24) is 0 Å². The molecule has 0 unspecified atom stereocenters. The maximum Gasteiger partial charge on any atom is 0.391 e. The predicted molar refractivity (Wildman–Crippen MR) is 40.6 cm³/mol. The zero-order chi connectivity index (χ0) is 9.19. The average Bonchev–Trinajstić information content (AvgIpc) is 2.11. The first-order valence-electron chi connectivity index (χ1n) is 4.32. The third-order valence-electron chi connectivity index (χ3n) is 2.48. The summed E-state index contributed by atoms with van der Waals surface area (Å²) in [5.74, 6) is -1.11. The first kappa shape index (κ1) is 9.84. The van der Waals surface area contributed by atoms with Gasteiger partial charge in [-0.15, -0.1) is 0 Å². The smallest absolute Gasteiger partial charge is 0.328 e. The molecule has 4 heteroatoms. The molecule has 0 amide bonds. The van der Waals surface area contributed by atoms with Gasteiger partial charge in [0.05, 0.1) is 5.92 Å². The maximum atomic E-state index is 12.2. The van der Waals surface area contributed by atoms with E-state index in [0.717, 1.165) is 6.42 Å². The molecule has 0 heterocycles. The molecule has 0 aromatic carbocycles. The first-order valence-corrected chi connectivity index (χ1v) is 4.32. The Morgan fingerprint density at radius 1 is 1.00 bits per heavy atom. The number of rotatable bonds is 0. The van der Waals surface area contributed by atoms with E-state index < -0.39 is 12.1 Å². The minimum atomic E-state index is -4.01. The SMILES string of the molecule is N[C@H]1CCC[C@@H](C(F)(F)F)CC1. The van der Waals surface area contributed by atoms with E-state index in [2.05, 4.69) is 0 Å². The van der Waals surface area contributed by atoms with Crippen molar-refractivity contribution in [1.29, 1.82) is 0 Å². The zero-order valence-corrected chi connectivity index (χ0v) is 6.90. The molecule has 1 aliphatic carbocycles. The summed E-state index contributed by atoms with van der Waals surface area (Å²) >= 11 is 0. The molecule has 1 rings (SSSR count). The number of halogens is 3. The summed E-state index contributed by atoms with van der Waals surface area (Å²) in [6, 6.07) is -0.0163. The van der Waals surface area contributed by atoms with Crippen LogP contribution in [0.25, 0.3) is 0 Å². The number of hydrogen-bond acceptors (Lipinski definition) is 1. The quantitative estimate of drug-likeness (QED) is 0.571. The van der Waals surface area contributed by atoms with Crippen LogP contribution in [0.15, 0.2) is 0 Å². The van der Waals surface area contributed by atoms with Gasteiger partial charge in [0.25, 0.3) is 0 Å². The van der Waals surface area contributed by atoms with Crippen LogP contribution in [0.2, 0.25) is 0 Å². The first-order chi connectivity index (χ1) is 5.50. The van der Waals surface area contributed by atoms with Crippen molar-refractivity contribution in [3.05, 3.63) is 0 Å². The molecule has 0 saturated heterocycles. The van der Waals surface area contributed by atoms with Gasteiger partial charge in [-0.25, -0.2) is 0 Å². The van der Waals surface area contributed by atoms with E-state index in [1.54, 1.807) is 0 Å². The van der Waals surface area contributed by atoms with Gasteiger partial charge >= 0.3 is 6.18 Å². The molecule has 2 atom stereocenters. The monoisotopic (exact) mass is 181 g/mol. The van der Waals surface area contributed by atoms with E-state index in [1.807, 2.05) is 0 Å². The Balaban J connectivity index is 2.46. The van der Waals surface area contributed by atoms with Gasteiger partial charge in [-0.2, -0.15) is 13.2 Å². The van der Waals surface area contributed by atoms with Crippen LogP contribution in [-0.4, -0.2) is 12.2 Å². The van der Waals surface area contributed by atoms with Gasteiger partial charge in [-0.3, -0.25) is 0 Å². The lowest BCUT2D eigenvalue weighted by Gasteiger charge is -2.17. The largest absolute Gasteiger partial charge is 0.391 e. The second-order valence-electron chi connectivity index (χ2n) is 3.51. The molecule has 72 valence electrons. The lowest BCUT2D eigenvalue weighted by molar-refractivity contribution is -0.177. The molecule has 12 heavy (non-hydrogen) atoms. The zero-order valence-electron chi connectivity index (χ0n) is 6.90. The van der Waals surface area contributed by atoms with Crippen LogP contribution in [0, 0.1) is 5.92 Å². The number of alkyl halides is 3. The van der Waals surface area contributed by atoms with Crippen LogP contribution in [0.4, 0.5) is 13.2 Å². The average molecular weight is 181 g/mol. The summed E-state index contributed by atoms with van der Waals surface area (Å²) in [4.78, 5) is 0. The third-order valence-corrected chi connectivity index (χ3v) is 2.48. The molecule has 1 saturated carbocycles. The van der Waals surface area contributed by atoms with Crippen LogP contribution in [-0.2, 0) is 0 Å². The summed E-state index contributed by atoms with van der Waals surface area (Å²) in [6.07, 6.45) is -1.66. The summed E-state index contributed by atoms with van der Waals surface area (Å²) in [5, 5.41) is 0.